The summed E-state index contributed by atoms with van der Waals surface area (Å²) < 4.78 is 4.66. The summed E-state index contributed by atoms with van der Waals surface area (Å²) in [4.78, 5) is 20.7. The first kappa shape index (κ1) is 11.1. The number of benzene rings is 2. The number of nitrogens with zero attached hydrogens (tertiary/aromatic N) is 1. The minimum absolute atomic E-state index is 0.0209. The summed E-state index contributed by atoms with van der Waals surface area (Å²) in [6.45, 7) is 0.360. The first-order chi connectivity index (χ1) is 8.24. The number of hydrogen-bond acceptors (Lipinski definition) is 4. The molecule has 0 radical (unpaired) electrons. The summed E-state index contributed by atoms with van der Waals surface area (Å²) in [5.41, 5.74) is 0.648. The average Bonchev–Trinajstić information content (AvgIpc) is 2.35. The van der Waals surface area contributed by atoms with E-state index in [2.05, 4.69) is 4.74 Å². The van der Waals surface area contributed by atoms with Gasteiger partial charge in [0, 0.05) is 11.6 Å². The number of hydrogen-bond donors (Lipinski definition) is 0. The second kappa shape index (κ2) is 4.61. The normalized spacial score (nSPS) is 10.1. The molecule has 0 bridgehead atoms. The van der Waals surface area contributed by atoms with Crippen molar-refractivity contribution in [1.82, 2.24) is 0 Å². The van der Waals surface area contributed by atoms with Crippen LogP contribution < -0.4 is 0 Å². The van der Waals surface area contributed by atoms with Gasteiger partial charge in [-0.1, -0.05) is 30.3 Å². The van der Waals surface area contributed by atoms with Crippen molar-refractivity contribution in [3.05, 3.63) is 52.1 Å². The van der Waals surface area contributed by atoms with Gasteiger partial charge in [-0.3, -0.25) is 14.9 Å². The lowest BCUT2D eigenvalue weighted by atomic mass is 10.0. The Labute approximate surface area is 96.8 Å². The molecule has 0 saturated carbocycles. The number of nitro benzene ring substituents is 1. The molecule has 0 aliphatic carbocycles. The van der Waals surface area contributed by atoms with E-state index in [4.69, 9.17) is 0 Å². The summed E-state index contributed by atoms with van der Waals surface area (Å²) in [5, 5.41) is 12.2. The van der Waals surface area contributed by atoms with Crippen molar-refractivity contribution >= 4 is 22.9 Å². The van der Waals surface area contributed by atoms with Crippen LogP contribution in [0.5, 0.6) is 0 Å². The maximum absolute atomic E-state index is 10.9. The van der Waals surface area contributed by atoms with Crippen LogP contribution >= 0.6 is 0 Å². The van der Waals surface area contributed by atoms with Crippen molar-refractivity contribution in [1.29, 1.82) is 0 Å². The standard InChI is InChI=1S/C12H9NO4/c14-8-17-7-10-5-1-3-9-4-2-6-11(12(9)10)13(15)16/h1-6,8H,7H2. The zero-order valence-corrected chi connectivity index (χ0v) is 8.83. The summed E-state index contributed by atoms with van der Waals surface area (Å²) in [5.74, 6) is 0. The SMILES string of the molecule is O=COCc1cccc2cccc([N+](=O)[O-])c12. The molecule has 0 aliphatic heterocycles. The zero-order chi connectivity index (χ0) is 12.3. The molecule has 0 atom stereocenters. The lowest BCUT2D eigenvalue weighted by Gasteiger charge is -2.05. The number of nitro groups is 1. The number of ether oxygens (including phenoxy) is 1. The van der Waals surface area contributed by atoms with Gasteiger partial charge in [0.25, 0.3) is 12.2 Å². The predicted octanol–water partition coefficient (Wildman–Crippen LogP) is 2.42. The summed E-state index contributed by atoms with van der Waals surface area (Å²) in [6, 6.07) is 10.1. The molecule has 0 aromatic heterocycles. The Balaban J connectivity index is 2.66. The highest BCUT2D eigenvalue weighted by atomic mass is 16.6. The maximum Gasteiger partial charge on any atom is 0.293 e. The second-order valence-electron chi connectivity index (χ2n) is 3.46. The van der Waals surface area contributed by atoms with Crippen molar-refractivity contribution in [2.45, 2.75) is 6.61 Å². The molecule has 0 N–H and O–H groups in total. The molecule has 0 heterocycles. The van der Waals surface area contributed by atoms with E-state index in [1.54, 1.807) is 30.3 Å². The highest BCUT2D eigenvalue weighted by molar-refractivity contribution is 5.93. The molecule has 0 fully saturated rings. The van der Waals surface area contributed by atoms with E-state index in [1.165, 1.54) is 6.07 Å². The number of rotatable bonds is 4. The fourth-order valence-electron chi connectivity index (χ4n) is 1.79. The lowest BCUT2D eigenvalue weighted by Crippen LogP contribution is -1.95. The zero-order valence-electron chi connectivity index (χ0n) is 8.83. The van der Waals surface area contributed by atoms with E-state index in [9.17, 15) is 14.9 Å². The number of carbonyl (C=O) groups is 1. The molecule has 0 amide bonds. The summed E-state index contributed by atoms with van der Waals surface area (Å²) in [7, 11) is 0. The van der Waals surface area contributed by atoms with Gasteiger partial charge >= 0.3 is 0 Å². The first-order valence-electron chi connectivity index (χ1n) is 4.94. The monoisotopic (exact) mass is 231 g/mol. The van der Waals surface area contributed by atoms with Crippen molar-refractivity contribution in [3.63, 3.8) is 0 Å². The lowest BCUT2D eigenvalue weighted by molar-refractivity contribution is -0.383. The topological polar surface area (TPSA) is 69.4 Å². The number of fused-ring (bicyclic) bond motifs is 1. The minimum Gasteiger partial charge on any atom is -0.463 e. The van der Waals surface area contributed by atoms with E-state index >= 15 is 0 Å². The smallest absolute Gasteiger partial charge is 0.293 e. The summed E-state index contributed by atoms with van der Waals surface area (Å²) in [6.07, 6.45) is 0. The van der Waals surface area contributed by atoms with Crippen molar-refractivity contribution in [2.24, 2.45) is 0 Å². The van der Waals surface area contributed by atoms with Crippen LogP contribution in [-0.4, -0.2) is 11.4 Å². The maximum atomic E-state index is 10.9. The molecule has 0 unspecified atom stereocenters. The van der Waals surface area contributed by atoms with E-state index in [0.717, 1.165) is 5.39 Å². The fourth-order valence-corrected chi connectivity index (χ4v) is 1.79. The third-order valence-corrected chi connectivity index (χ3v) is 2.47. The van der Waals surface area contributed by atoms with Crippen LogP contribution in [0.3, 0.4) is 0 Å². The second-order valence-corrected chi connectivity index (χ2v) is 3.46. The van der Waals surface area contributed by atoms with Gasteiger partial charge in [0.15, 0.2) is 0 Å². The van der Waals surface area contributed by atoms with Crippen LogP contribution in [0.1, 0.15) is 5.56 Å². The molecule has 5 heteroatoms. The molecule has 2 aromatic carbocycles. The Kier molecular flexibility index (Phi) is 3.00. The Morgan fingerprint density at radius 1 is 1.24 bits per heavy atom. The van der Waals surface area contributed by atoms with E-state index in [-0.39, 0.29) is 12.3 Å². The van der Waals surface area contributed by atoms with Crippen LogP contribution in [0.15, 0.2) is 36.4 Å². The largest absolute Gasteiger partial charge is 0.463 e. The molecule has 86 valence electrons. The average molecular weight is 231 g/mol. The molecule has 0 saturated heterocycles. The van der Waals surface area contributed by atoms with Gasteiger partial charge in [0.05, 0.1) is 10.3 Å². The molecule has 2 aromatic rings. The van der Waals surface area contributed by atoms with Crippen molar-refractivity contribution in [3.8, 4) is 0 Å². The highest BCUT2D eigenvalue weighted by Gasteiger charge is 2.14. The molecule has 2 rings (SSSR count). The highest BCUT2D eigenvalue weighted by Crippen LogP contribution is 2.28. The molecule has 0 aliphatic rings. The predicted molar refractivity (Wildman–Crippen MR) is 61.5 cm³/mol. The van der Waals surface area contributed by atoms with Crippen LogP contribution in [0.25, 0.3) is 10.8 Å². The van der Waals surface area contributed by atoms with Gasteiger partial charge in [-0.05, 0) is 5.39 Å². The van der Waals surface area contributed by atoms with E-state index in [0.29, 0.717) is 17.4 Å². The Hall–Kier alpha value is -2.43. The quantitative estimate of drug-likeness (QED) is 0.460. The van der Waals surface area contributed by atoms with Crippen LogP contribution in [0.2, 0.25) is 0 Å². The van der Waals surface area contributed by atoms with E-state index in [1.807, 2.05) is 0 Å². The molecule has 17 heavy (non-hydrogen) atoms. The van der Waals surface area contributed by atoms with Gasteiger partial charge in [0.2, 0.25) is 0 Å². The minimum atomic E-state index is -0.438. The third-order valence-electron chi connectivity index (χ3n) is 2.47. The Morgan fingerprint density at radius 2 is 1.94 bits per heavy atom. The molecular formula is C12H9NO4. The van der Waals surface area contributed by atoms with Gasteiger partial charge in [-0.15, -0.1) is 0 Å². The molecule has 5 nitrogen and oxygen atoms in total. The van der Waals surface area contributed by atoms with Gasteiger partial charge < -0.3 is 4.74 Å². The van der Waals surface area contributed by atoms with Crippen LogP contribution in [0, 0.1) is 10.1 Å². The van der Waals surface area contributed by atoms with Crippen molar-refractivity contribution in [2.75, 3.05) is 0 Å². The summed E-state index contributed by atoms with van der Waals surface area (Å²) >= 11 is 0. The fraction of sp³-hybridized carbons (Fsp3) is 0.0833. The van der Waals surface area contributed by atoms with Gasteiger partial charge in [-0.25, -0.2) is 0 Å². The van der Waals surface area contributed by atoms with Crippen molar-refractivity contribution < 1.29 is 14.5 Å². The molecule has 0 spiro atoms. The van der Waals surface area contributed by atoms with Gasteiger partial charge in [0.1, 0.15) is 6.61 Å². The van der Waals surface area contributed by atoms with Gasteiger partial charge in [-0.2, -0.15) is 0 Å². The van der Waals surface area contributed by atoms with Crippen LogP contribution in [0.4, 0.5) is 5.69 Å². The third kappa shape index (κ3) is 2.08. The van der Waals surface area contributed by atoms with Crippen LogP contribution in [-0.2, 0) is 16.1 Å². The first-order valence-corrected chi connectivity index (χ1v) is 4.94. The van der Waals surface area contributed by atoms with E-state index < -0.39 is 4.92 Å². The number of non-ortho nitro benzene ring substituents is 1. The Morgan fingerprint density at radius 3 is 2.59 bits per heavy atom. The molecular weight excluding hydrogens is 222 g/mol. The number of carbonyl (C=O) groups excluding carboxylic acids is 1. The Bertz CT molecular complexity index is 574.